The summed E-state index contributed by atoms with van der Waals surface area (Å²) in [6, 6.07) is 13.3. The Bertz CT molecular complexity index is 405. The zero-order chi connectivity index (χ0) is 11.0. The molecule has 3 rings (SSSR count). The van der Waals surface area contributed by atoms with Crippen molar-refractivity contribution >= 4 is 0 Å². The molecule has 0 saturated heterocycles. The van der Waals surface area contributed by atoms with E-state index < -0.39 is 0 Å². The van der Waals surface area contributed by atoms with E-state index in [2.05, 4.69) is 36.4 Å². The summed E-state index contributed by atoms with van der Waals surface area (Å²) in [7, 11) is 0. The number of benzene rings is 1. The van der Waals surface area contributed by atoms with Crippen LogP contribution in [0.1, 0.15) is 43.6 Å². The highest BCUT2D eigenvalue weighted by Gasteiger charge is 2.51. The van der Waals surface area contributed by atoms with Gasteiger partial charge in [0.2, 0.25) is 0 Å². The van der Waals surface area contributed by atoms with Crippen LogP contribution in [-0.4, -0.2) is 0 Å². The van der Waals surface area contributed by atoms with E-state index in [0.717, 1.165) is 12.8 Å². The van der Waals surface area contributed by atoms with Gasteiger partial charge in [-0.15, -0.1) is 0 Å². The van der Waals surface area contributed by atoms with Gasteiger partial charge < -0.3 is 0 Å². The lowest BCUT2D eigenvalue weighted by Gasteiger charge is -2.51. The number of nitriles is 1. The van der Waals surface area contributed by atoms with Gasteiger partial charge in [0.25, 0.3) is 0 Å². The van der Waals surface area contributed by atoms with E-state index >= 15 is 0 Å². The van der Waals surface area contributed by atoms with Crippen molar-refractivity contribution in [2.75, 3.05) is 0 Å². The first-order valence-corrected chi connectivity index (χ1v) is 6.30. The third-order valence-corrected chi connectivity index (χ3v) is 4.60. The van der Waals surface area contributed by atoms with E-state index in [4.69, 9.17) is 0 Å². The van der Waals surface area contributed by atoms with E-state index in [1.807, 2.05) is 0 Å². The van der Waals surface area contributed by atoms with Crippen LogP contribution in [-0.2, 0) is 0 Å². The van der Waals surface area contributed by atoms with Crippen molar-refractivity contribution in [3.8, 4) is 6.07 Å². The maximum Gasteiger partial charge on any atom is 0.0693 e. The molecular formula is C15H17N. The van der Waals surface area contributed by atoms with Gasteiger partial charge in [-0.25, -0.2) is 0 Å². The summed E-state index contributed by atoms with van der Waals surface area (Å²) in [5.74, 6) is 1.35. The van der Waals surface area contributed by atoms with Crippen LogP contribution >= 0.6 is 0 Å². The maximum atomic E-state index is 9.39. The summed E-state index contributed by atoms with van der Waals surface area (Å²) in [4.78, 5) is 0. The fourth-order valence-electron chi connectivity index (χ4n) is 3.26. The minimum absolute atomic E-state index is 0.0404. The van der Waals surface area contributed by atoms with E-state index in [0.29, 0.717) is 11.8 Å². The summed E-state index contributed by atoms with van der Waals surface area (Å²) in [6.45, 7) is 0. The predicted molar refractivity (Wildman–Crippen MR) is 63.8 cm³/mol. The van der Waals surface area contributed by atoms with Crippen LogP contribution in [0.4, 0.5) is 0 Å². The number of rotatable bonds is 2. The predicted octanol–water partition coefficient (Wildman–Crippen LogP) is 3.87. The first kappa shape index (κ1) is 9.90. The molecule has 1 nitrogen and oxygen atoms in total. The molecule has 0 N–H and O–H groups in total. The lowest BCUT2D eigenvalue weighted by atomic mass is 9.51. The molecule has 2 fully saturated rings. The van der Waals surface area contributed by atoms with Gasteiger partial charge in [-0.1, -0.05) is 36.8 Å². The molecule has 82 valence electrons. The number of hydrogen-bond donors (Lipinski definition) is 0. The minimum atomic E-state index is 0.0404. The highest BCUT2D eigenvalue weighted by Crippen LogP contribution is 2.59. The van der Waals surface area contributed by atoms with E-state index in [-0.39, 0.29) is 5.41 Å². The summed E-state index contributed by atoms with van der Waals surface area (Å²) >= 11 is 0. The topological polar surface area (TPSA) is 23.8 Å². The zero-order valence-corrected chi connectivity index (χ0v) is 9.52. The lowest BCUT2D eigenvalue weighted by Crippen LogP contribution is -2.43. The van der Waals surface area contributed by atoms with E-state index in [1.165, 1.54) is 24.8 Å². The van der Waals surface area contributed by atoms with Crippen LogP contribution in [0.2, 0.25) is 0 Å². The van der Waals surface area contributed by atoms with Gasteiger partial charge in [-0.2, -0.15) is 5.26 Å². The molecule has 16 heavy (non-hydrogen) atoms. The Hall–Kier alpha value is -1.29. The molecule has 0 amide bonds. The van der Waals surface area contributed by atoms with Gasteiger partial charge in [0.1, 0.15) is 0 Å². The van der Waals surface area contributed by atoms with Crippen molar-refractivity contribution in [3.63, 3.8) is 0 Å². The largest absolute Gasteiger partial charge is 0.198 e. The quantitative estimate of drug-likeness (QED) is 0.728. The van der Waals surface area contributed by atoms with Gasteiger partial charge in [0, 0.05) is 0 Å². The van der Waals surface area contributed by atoms with Crippen LogP contribution in [0.25, 0.3) is 0 Å². The smallest absolute Gasteiger partial charge is 0.0693 e. The summed E-state index contributed by atoms with van der Waals surface area (Å²) in [5, 5.41) is 9.39. The first-order chi connectivity index (χ1) is 7.84. The van der Waals surface area contributed by atoms with Gasteiger partial charge in [-0.3, -0.25) is 0 Å². The molecule has 2 saturated carbocycles. The standard InChI is InChI=1S/C15H17N/c16-11-15(14-7-4-8-14)9-13(10-15)12-5-2-1-3-6-12/h1-3,5-6,13-14H,4,7-10H2. The van der Waals surface area contributed by atoms with Crippen LogP contribution in [0.3, 0.4) is 0 Å². The Kier molecular flexibility index (Phi) is 2.24. The van der Waals surface area contributed by atoms with E-state index in [1.54, 1.807) is 0 Å². The second-order valence-corrected chi connectivity index (χ2v) is 5.41. The van der Waals surface area contributed by atoms with Crippen molar-refractivity contribution in [3.05, 3.63) is 35.9 Å². The van der Waals surface area contributed by atoms with Gasteiger partial charge in [0.15, 0.2) is 0 Å². The van der Waals surface area contributed by atoms with Crippen LogP contribution in [0, 0.1) is 22.7 Å². The monoisotopic (exact) mass is 211 g/mol. The molecule has 0 radical (unpaired) electrons. The summed E-state index contributed by atoms with van der Waals surface area (Å²) in [6.07, 6.45) is 6.10. The molecule has 1 heteroatoms. The Morgan fingerprint density at radius 3 is 2.31 bits per heavy atom. The van der Waals surface area contributed by atoms with Gasteiger partial charge in [0.05, 0.1) is 11.5 Å². The molecule has 0 unspecified atom stereocenters. The minimum Gasteiger partial charge on any atom is -0.198 e. The molecule has 1 aromatic rings. The fraction of sp³-hybridized carbons (Fsp3) is 0.533. The Morgan fingerprint density at radius 2 is 1.81 bits per heavy atom. The summed E-state index contributed by atoms with van der Waals surface area (Å²) < 4.78 is 0. The van der Waals surface area contributed by atoms with Crippen molar-refractivity contribution in [2.24, 2.45) is 11.3 Å². The Labute approximate surface area is 97.1 Å². The molecular weight excluding hydrogens is 194 g/mol. The Balaban J connectivity index is 1.71. The third kappa shape index (κ3) is 1.37. The molecule has 1 aromatic carbocycles. The zero-order valence-electron chi connectivity index (χ0n) is 9.52. The summed E-state index contributed by atoms with van der Waals surface area (Å²) in [5.41, 5.74) is 1.46. The van der Waals surface area contributed by atoms with Crippen molar-refractivity contribution < 1.29 is 0 Å². The van der Waals surface area contributed by atoms with Gasteiger partial charge in [-0.05, 0) is 43.1 Å². The molecule has 0 aromatic heterocycles. The highest BCUT2D eigenvalue weighted by atomic mass is 14.6. The average molecular weight is 211 g/mol. The SMILES string of the molecule is N#CC1(C2CCC2)CC(c2ccccc2)C1. The normalized spacial score (nSPS) is 33.6. The van der Waals surface area contributed by atoms with Crippen molar-refractivity contribution in [2.45, 2.75) is 38.0 Å². The van der Waals surface area contributed by atoms with E-state index in [9.17, 15) is 5.26 Å². The fourth-order valence-corrected chi connectivity index (χ4v) is 3.26. The number of nitrogens with zero attached hydrogens (tertiary/aromatic N) is 1. The van der Waals surface area contributed by atoms with Crippen LogP contribution in [0.5, 0.6) is 0 Å². The molecule has 0 aliphatic heterocycles. The second-order valence-electron chi connectivity index (χ2n) is 5.41. The number of hydrogen-bond acceptors (Lipinski definition) is 1. The molecule has 2 aliphatic carbocycles. The lowest BCUT2D eigenvalue weighted by molar-refractivity contribution is 0.0388. The van der Waals surface area contributed by atoms with Crippen LogP contribution in [0.15, 0.2) is 30.3 Å². The first-order valence-electron chi connectivity index (χ1n) is 6.30. The van der Waals surface area contributed by atoms with Gasteiger partial charge >= 0.3 is 0 Å². The third-order valence-electron chi connectivity index (χ3n) is 4.60. The molecule has 0 spiro atoms. The van der Waals surface area contributed by atoms with Crippen LogP contribution < -0.4 is 0 Å². The highest BCUT2D eigenvalue weighted by molar-refractivity contribution is 5.27. The molecule has 2 aliphatic rings. The van der Waals surface area contributed by atoms with Crippen molar-refractivity contribution in [1.82, 2.24) is 0 Å². The molecule has 0 bridgehead atoms. The molecule has 0 heterocycles. The Morgan fingerprint density at radius 1 is 1.12 bits per heavy atom. The maximum absolute atomic E-state index is 9.39. The molecule has 0 atom stereocenters. The van der Waals surface area contributed by atoms with Crippen molar-refractivity contribution in [1.29, 1.82) is 5.26 Å². The average Bonchev–Trinajstić information content (AvgIpc) is 2.21. The second kappa shape index (κ2) is 3.63.